The van der Waals surface area contributed by atoms with E-state index in [1.807, 2.05) is 57.2 Å². The lowest BCUT2D eigenvalue weighted by atomic mass is 10.0. The molecule has 1 aliphatic heterocycles. The highest BCUT2D eigenvalue weighted by atomic mass is 16.6. The van der Waals surface area contributed by atoms with Crippen molar-refractivity contribution in [1.29, 1.82) is 0 Å². The Balaban J connectivity index is 1.46. The molecule has 1 fully saturated rings. The largest absolute Gasteiger partial charge is 0.444 e. The quantitative estimate of drug-likeness (QED) is 0.392. The first-order valence-corrected chi connectivity index (χ1v) is 13.8. The molecule has 11 heteroatoms. The van der Waals surface area contributed by atoms with Crippen LogP contribution in [-0.4, -0.2) is 70.3 Å². The van der Waals surface area contributed by atoms with Gasteiger partial charge in [0.1, 0.15) is 11.2 Å². The van der Waals surface area contributed by atoms with Crippen molar-refractivity contribution in [3.63, 3.8) is 0 Å². The Morgan fingerprint density at radius 3 is 1.95 bits per heavy atom. The maximum absolute atomic E-state index is 13.2. The minimum Gasteiger partial charge on any atom is -0.444 e. The van der Waals surface area contributed by atoms with Crippen LogP contribution in [0.25, 0.3) is 11.1 Å². The molecule has 0 bridgehead atoms. The van der Waals surface area contributed by atoms with Gasteiger partial charge in [0.25, 0.3) is 5.91 Å². The molecule has 2 N–H and O–H groups in total. The van der Waals surface area contributed by atoms with E-state index in [0.717, 1.165) is 16.8 Å². The van der Waals surface area contributed by atoms with Crippen LogP contribution in [0.2, 0.25) is 0 Å². The zero-order valence-corrected chi connectivity index (χ0v) is 24.9. The number of nitrogens with zero attached hydrogens (tertiary/aromatic N) is 4. The second kappa shape index (κ2) is 12.5. The van der Waals surface area contributed by atoms with Gasteiger partial charge in [-0.1, -0.05) is 36.4 Å². The van der Waals surface area contributed by atoms with E-state index in [9.17, 15) is 14.4 Å². The zero-order chi connectivity index (χ0) is 30.5. The Labute approximate surface area is 246 Å². The molecule has 1 aromatic heterocycles. The second-order valence-corrected chi connectivity index (χ2v) is 11.9. The molecule has 11 nitrogen and oxygen atoms in total. The van der Waals surface area contributed by atoms with Crippen molar-refractivity contribution in [1.82, 2.24) is 14.9 Å². The maximum atomic E-state index is 13.2. The Hall–Kier alpha value is -4.67. The third-order valence-corrected chi connectivity index (χ3v) is 6.15. The number of carbonyl (C=O) groups excluding carboxylic acids is 3. The van der Waals surface area contributed by atoms with Crippen molar-refractivity contribution in [2.75, 3.05) is 41.7 Å². The smallest absolute Gasteiger partial charge is 0.412 e. The van der Waals surface area contributed by atoms with Gasteiger partial charge in [-0.2, -0.15) is 0 Å². The van der Waals surface area contributed by atoms with E-state index in [1.54, 1.807) is 50.2 Å². The summed E-state index contributed by atoms with van der Waals surface area (Å²) in [4.78, 5) is 50.4. The average Bonchev–Trinajstić information content (AvgIpc) is 2.92. The average molecular weight is 575 g/mol. The van der Waals surface area contributed by atoms with Crippen molar-refractivity contribution in [2.45, 2.75) is 52.7 Å². The molecule has 0 radical (unpaired) electrons. The van der Waals surface area contributed by atoms with Crippen molar-refractivity contribution in [2.24, 2.45) is 0 Å². The number of hydrogen-bond acceptors (Lipinski definition) is 8. The third-order valence-electron chi connectivity index (χ3n) is 6.15. The lowest BCUT2D eigenvalue weighted by molar-refractivity contribution is 0.0240. The highest BCUT2D eigenvalue weighted by molar-refractivity contribution is 6.05. The number of rotatable bonds is 5. The van der Waals surface area contributed by atoms with E-state index in [0.29, 0.717) is 37.6 Å². The first kappa shape index (κ1) is 30.3. The lowest BCUT2D eigenvalue weighted by Gasteiger charge is -2.36. The number of anilines is 3. The summed E-state index contributed by atoms with van der Waals surface area (Å²) in [5.41, 5.74) is 2.05. The van der Waals surface area contributed by atoms with Crippen LogP contribution in [0.5, 0.6) is 0 Å². The van der Waals surface area contributed by atoms with Crippen LogP contribution in [0.1, 0.15) is 52.2 Å². The molecule has 42 heavy (non-hydrogen) atoms. The van der Waals surface area contributed by atoms with E-state index >= 15 is 0 Å². The van der Waals surface area contributed by atoms with Crippen LogP contribution in [0.3, 0.4) is 0 Å². The van der Waals surface area contributed by atoms with E-state index < -0.39 is 23.2 Å². The predicted molar refractivity (Wildman–Crippen MR) is 162 cm³/mol. The number of carbonyl (C=O) groups is 3. The second-order valence-electron chi connectivity index (χ2n) is 11.9. The molecule has 3 aromatic rings. The van der Waals surface area contributed by atoms with Crippen LogP contribution in [-0.2, 0) is 9.47 Å². The molecule has 0 spiro atoms. The van der Waals surface area contributed by atoms with Gasteiger partial charge < -0.3 is 24.6 Å². The van der Waals surface area contributed by atoms with Crippen LogP contribution in [0.15, 0.2) is 60.9 Å². The van der Waals surface area contributed by atoms with Gasteiger partial charge in [-0.25, -0.2) is 19.6 Å². The zero-order valence-electron chi connectivity index (χ0n) is 24.9. The highest BCUT2D eigenvalue weighted by Gasteiger charge is 2.26. The van der Waals surface area contributed by atoms with Crippen LogP contribution in [0.4, 0.5) is 26.7 Å². The minimum atomic E-state index is -0.685. The van der Waals surface area contributed by atoms with Crippen molar-refractivity contribution < 1.29 is 23.9 Å². The SMILES string of the molecule is CC(C)(C)OC(=O)Nc1ccc(-c2ccccc2)cc1NC(=O)c1ncc(N2CCN(C(=O)OC(C)(C)C)CC2)cn1. The fourth-order valence-electron chi connectivity index (χ4n) is 4.23. The molecule has 222 valence electrons. The summed E-state index contributed by atoms with van der Waals surface area (Å²) in [7, 11) is 0. The highest BCUT2D eigenvalue weighted by Crippen LogP contribution is 2.30. The summed E-state index contributed by atoms with van der Waals surface area (Å²) >= 11 is 0. The molecule has 0 unspecified atom stereocenters. The molecule has 1 saturated heterocycles. The van der Waals surface area contributed by atoms with Gasteiger partial charge in [0.05, 0.1) is 29.5 Å². The molecule has 0 atom stereocenters. The summed E-state index contributed by atoms with van der Waals surface area (Å²) in [6, 6.07) is 15.0. The Morgan fingerprint density at radius 1 is 0.738 bits per heavy atom. The molecular formula is C31H38N6O5. The molecule has 0 saturated carbocycles. The molecule has 4 rings (SSSR count). The molecule has 2 heterocycles. The van der Waals surface area contributed by atoms with Crippen LogP contribution < -0.4 is 15.5 Å². The summed E-state index contributed by atoms with van der Waals surface area (Å²) in [6.45, 7) is 13.0. The van der Waals surface area contributed by atoms with Crippen molar-refractivity contribution >= 4 is 35.2 Å². The minimum absolute atomic E-state index is 0.0283. The summed E-state index contributed by atoms with van der Waals surface area (Å²) < 4.78 is 10.9. The predicted octanol–water partition coefficient (Wildman–Crippen LogP) is 5.80. The fourth-order valence-corrected chi connectivity index (χ4v) is 4.23. The number of amides is 3. The number of nitrogens with one attached hydrogen (secondary N) is 2. The topological polar surface area (TPSA) is 126 Å². The Bertz CT molecular complexity index is 1410. The Morgan fingerprint density at radius 2 is 1.36 bits per heavy atom. The van der Waals surface area contributed by atoms with Gasteiger partial charge in [0.2, 0.25) is 5.82 Å². The first-order valence-electron chi connectivity index (χ1n) is 13.8. The van der Waals surface area contributed by atoms with Crippen molar-refractivity contribution in [3.05, 3.63) is 66.7 Å². The summed E-state index contributed by atoms with van der Waals surface area (Å²) in [6.07, 6.45) is 2.21. The van der Waals surface area contributed by atoms with Gasteiger partial charge in [0.15, 0.2) is 0 Å². The number of aromatic nitrogens is 2. The molecule has 3 amide bonds. The van der Waals surface area contributed by atoms with Crippen molar-refractivity contribution in [3.8, 4) is 11.1 Å². The van der Waals surface area contributed by atoms with E-state index in [2.05, 4.69) is 25.5 Å². The lowest BCUT2D eigenvalue weighted by Crippen LogP contribution is -2.50. The van der Waals surface area contributed by atoms with E-state index in [-0.39, 0.29) is 11.9 Å². The van der Waals surface area contributed by atoms with Gasteiger partial charge >= 0.3 is 12.2 Å². The van der Waals surface area contributed by atoms with Crippen LogP contribution >= 0.6 is 0 Å². The Kier molecular flexibility index (Phi) is 8.99. The fraction of sp³-hybridized carbons (Fsp3) is 0.387. The van der Waals surface area contributed by atoms with Gasteiger partial charge in [-0.05, 0) is 64.8 Å². The molecular weight excluding hydrogens is 536 g/mol. The molecule has 2 aromatic carbocycles. The number of piperazine rings is 1. The molecule has 1 aliphatic rings. The van der Waals surface area contributed by atoms with Crippen LogP contribution in [0, 0.1) is 0 Å². The number of benzene rings is 2. The van der Waals surface area contributed by atoms with Gasteiger partial charge in [-0.3, -0.25) is 10.1 Å². The maximum Gasteiger partial charge on any atom is 0.412 e. The number of ether oxygens (including phenoxy) is 2. The molecule has 0 aliphatic carbocycles. The van der Waals surface area contributed by atoms with Gasteiger partial charge in [-0.15, -0.1) is 0 Å². The normalized spacial score (nSPS) is 13.8. The first-order chi connectivity index (χ1) is 19.8. The third kappa shape index (κ3) is 8.42. The standard InChI is InChI=1S/C31H38N6O5/c1-30(2,3)41-28(39)35-24-13-12-22(21-10-8-7-9-11-21)18-25(24)34-27(38)26-32-19-23(20-33-26)36-14-16-37(17-15-36)29(40)42-31(4,5)6/h7-13,18-20H,14-17H2,1-6H3,(H,34,38)(H,35,39). The van der Waals surface area contributed by atoms with E-state index in [4.69, 9.17) is 9.47 Å². The summed E-state index contributed by atoms with van der Waals surface area (Å²) in [5.74, 6) is -0.562. The van der Waals surface area contributed by atoms with E-state index in [1.165, 1.54) is 0 Å². The summed E-state index contributed by atoms with van der Waals surface area (Å²) in [5, 5.41) is 5.55. The monoisotopic (exact) mass is 574 g/mol. The number of hydrogen-bond donors (Lipinski definition) is 2. The van der Waals surface area contributed by atoms with Gasteiger partial charge in [0, 0.05) is 26.2 Å².